The van der Waals surface area contributed by atoms with Crippen LogP contribution in [0.1, 0.15) is 49.2 Å². The SMILES string of the molecule is C=CCn1c(Sc2nc(C3CC3)ns2)nnc1C1CC1. The lowest BCUT2D eigenvalue weighted by Gasteiger charge is -2.04. The summed E-state index contributed by atoms with van der Waals surface area (Å²) in [6.07, 6.45) is 6.82. The number of rotatable bonds is 6. The average molecular weight is 305 g/mol. The van der Waals surface area contributed by atoms with Gasteiger partial charge in [-0.05, 0) is 49.0 Å². The number of allylic oxidation sites excluding steroid dienone is 1. The van der Waals surface area contributed by atoms with Crippen molar-refractivity contribution in [3.8, 4) is 0 Å². The molecular weight excluding hydrogens is 290 g/mol. The number of hydrogen-bond donors (Lipinski definition) is 0. The van der Waals surface area contributed by atoms with E-state index in [4.69, 9.17) is 0 Å². The first-order valence-corrected chi connectivity index (χ1v) is 8.49. The van der Waals surface area contributed by atoms with E-state index in [-0.39, 0.29) is 0 Å². The van der Waals surface area contributed by atoms with Gasteiger partial charge in [0.05, 0.1) is 0 Å². The summed E-state index contributed by atoms with van der Waals surface area (Å²) in [4.78, 5) is 4.60. The summed E-state index contributed by atoms with van der Waals surface area (Å²) >= 11 is 3.04. The predicted octanol–water partition coefficient (Wildman–Crippen LogP) is 3.22. The smallest absolute Gasteiger partial charge is 0.198 e. The molecule has 2 saturated carbocycles. The molecule has 2 aliphatic rings. The second-order valence-corrected chi connectivity index (χ2v) is 7.28. The molecule has 0 atom stereocenters. The molecule has 104 valence electrons. The molecule has 0 amide bonds. The Morgan fingerprint density at radius 3 is 2.75 bits per heavy atom. The van der Waals surface area contributed by atoms with Crippen LogP contribution in [0.15, 0.2) is 22.2 Å². The monoisotopic (exact) mass is 305 g/mol. The van der Waals surface area contributed by atoms with E-state index >= 15 is 0 Å². The molecule has 2 fully saturated rings. The van der Waals surface area contributed by atoms with Gasteiger partial charge in [0.1, 0.15) is 11.6 Å². The van der Waals surface area contributed by atoms with Crippen LogP contribution >= 0.6 is 23.3 Å². The van der Waals surface area contributed by atoms with Gasteiger partial charge in [-0.3, -0.25) is 0 Å². The van der Waals surface area contributed by atoms with Crippen LogP contribution in [0.25, 0.3) is 0 Å². The van der Waals surface area contributed by atoms with Gasteiger partial charge in [0.2, 0.25) is 0 Å². The highest BCUT2D eigenvalue weighted by molar-refractivity contribution is 8.00. The minimum absolute atomic E-state index is 0.591. The Labute approximate surface area is 125 Å². The lowest BCUT2D eigenvalue weighted by atomic mass is 10.4. The zero-order chi connectivity index (χ0) is 13.5. The lowest BCUT2D eigenvalue weighted by molar-refractivity contribution is 0.681. The first-order chi connectivity index (χ1) is 9.85. The molecule has 0 unspecified atom stereocenters. The van der Waals surface area contributed by atoms with Crippen LogP contribution in [0, 0.1) is 0 Å². The van der Waals surface area contributed by atoms with Gasteiger partial charge < -0.3 is 4.57 Å². The average Bonchev–Trinajstić information content (AvgIpc) is 3.38. The topological polar surface area (TPSA) is 56.5 Å². The molecule has 0 bridgehead atoms. The molecule has 0 saturated heterocycles. The molecule has 2 heterocycles. The van der Waals surface area contributed by atoms with Crippen molar-refractivity contribution in [1.82, 2.24) is 24.1 Å². The van der Waals surface area contributed by atoms with Gasteiger partial charge in [0, 0.05) is 18.4 Å². The highest BCUT2D eigenvalue weighted by atomic mass is 32.2. The molecule has 2 aromatic rings. The van der Waals surface area contributed by atoms with Crippen LogP contribution in [-0.2, 0) is 6.54 Å². The van der Waals surface area contributed by atoms with E-state index in [1.807, 2.05) is 6.08 Å². The Morgan fingerprint density at radius 2 is 2.05 bits per heavy atom. The van der Waals surface area contributed by atoms with Gasteiger partial charge in [0.25, 0.3) is 0 Å². The summed E-state index contributed by atoms with van der Waals surface area (Å²) in [5.41, 5.74) is 0. The quantitative estimate of drug-likeness (QED) is 0.767. The second kappa shape index (κ2) is 4.96. The van der Waals surface area contributed by atoms with Crippen LogP contribution in [-0.4, -0.2) is 24.1 Å². The Bertz CT molecular complexity index is 639. The zero-order valence-corrected chi connectivity index (χ0v) is 12.7. The van der Waals surface area contributed by atoms with Crippen molar-refractivity contribution in [3.05, 3.63) is 24.3 Å². The Balaban J connectivity index is 1.58. The normalized spacial score (nSPS) is 18.4. The van der Waals surface area contributed by atoms with Crippen molar-refractivity contribution in [1.29, 1.82) is 0 Å². The van der Waals surface area contributed by atoms with Crippen LogP contribution in [0.2, 0.25) is 0 Å². The fraction of sp³-hybridized carbons (Fsp3) is 0.538. The molecule has 20 heavy (non-hydrogen) atoms. The standard InChI is InChI=1S/C13H15N5S2/c1-2-7-18-11(9-5-6-9)15-16-12(18)19-13-14-10(17-20-13)8-3-4-8/h2,8-9H,1,3-7H2. The molecule has 0 spiro atoms. The van der Waals surface area contributed by atoms with Crippen LogP contribution in [0.4, 0.5) is 0 Å². The maximum atomic E-state index is 4.60. The molecule has 0 aromatic carbocycles. The van der Waals surface area contributed by atoms with E-state index in [9.17, 15) is 0 Å². The summed E-state index contributed by atoms with van der Waals surface area (Å²) in [5.74, 6) is 3.30. The molecule has 5 nitrogen and oxygen atoms in total. The maximum Gasteiger partial charge on any atom is 0.198 e. The third kappa shape index (κ3) is 2.40. The van der Waals surface area contributed by atoms with Gasteiger partial charge in [-0.1, -0.05) is 6.08 Å². The largest absolute Gasteiger partial charge is 0.302 e. The molecule has 0 radical (unpaired) electrons. The van der Waals surface area contributed by atoms with Gasteiger partial charge in [-0.2, -0.15) is 4.37 Å². The van der Waals surface area contributed by atoms with E-state index in [0.717, 1.165) is 27.7 Å². The highest BCUT2D eigenvalue weighted by Gasteiger charge is 2.31. The summed E-state index contributed by atoms with van der Waals surface area (Å²) in [6, 6.07) is 0. The summed E-state index contributed by atoms with van der Waals surface area (Å²) in [7, 11) is 0. The summed E-state index contributed by atoms with van der Waals surface area (Å²) in [5, 5.41) is 9.58. The highest BCUT2D eigenvalue weighted by Crippen LogP contribution is 2.42. The summed E-state index contributed by atoms with van der Waals surface area (Å²) in [6.45, 7) is 4.59. The van der Waals surface area contributed by atoms with Crippen molar-refractivity contribution in [2.24, 2.45) is 0 Å². The molecule has 0 aliphatic heterocycles. The fourth-order valence-corrected chi connectivity index (χ4v) is 3.80. The fourth-order valence-electron chi connectivity index (χ4n) is 2.17. The third-order valence-corrected chi connectivity index (χ3v) is 5.29. The molecule has 2 aliphatic carbocycles. The van der Waals surface area contributed by atoms with E-state index in [0.29, 0.717) is 11.8 Å². The minimum Gasteiger partial charge on any atom is -0.302 e. The number of hydrogen-bond acceptors (Lipinski definition) is 6. The second-order valence-electron chi connectivity index (χ2n) is 5.31. The maximum absolute atomic E-state index is 4.60. The predicted molar refractivity (Wildman–Crippen MR) is 78.2 cm³/mol. The zero-order valence-electron chi connectivity index (χ0n) is 11.0. The van der Waals surface area contributed by atoms with Gasteiger partial charge >= 0.3 is 0 Å². The first kappa shape index (κ1) is 12.5. The van der Waals surface area contributed by atoms with Crippen molar-refractivity contribution in [3.63, 3.8) is 0 Å². The van der Waals surface area contributed by atoms with Crippen LogP contribution in [0.3, 0.4) is 0 Å². The van der Waals surface area contributed by atoms with E-state index < -0.39 is 0 Å². The van der Waals surface area contributed by atoms with E-state index in [1.165, 1.54) is 37.2 Å². The molecule has 0 N–H and O–H groups in total. The van der Waals surface area contributed by atoms with Gasteiger partial charge in [0.15, 0.2) is 9.50 Å². The van der Waals surface area contributed by atoms with Crippen molar-refractivity contribution in [2.75, 3.05) is 0 Å². The van der Waals surface area contributed by atoms with Crippen molar-refractivity contribution in [2.45, 2.75) is 53.6 Å². The number of aromatic nitrogens is 5. The summed E-state index contributed by atoms with van der Waals surface area (Å²) < 4.78 is 7.56. The molecule has 7 heteroatoms. The van der Waals surface area contributed by atoms with Gasteiger partial charge in [-0.25, -0.2) is 4.98 Å². The van der Waals surface area contributed by atoms with Crippen LogP contribution in [0.5, 0.6) is 0 Å². The molecule has 4 rings (SSSR count). The Morgan fingerprint density at radius 1 is 1.25 bits per heavy atom. The first-order valence-electron chi connectivity index (χ1n) is 6.90. The number of nitrogens with zero attached hydrogens (tertiary/aromatic N) is 5. The minimum atomic E-state index is 0.591. The Kier molecular flexibility index (Phi) is 3.11. The van der Waals surface area contributed by atoms with Crippen molar-refractivity contribution < 1.29 is 0 Å². The third-order valence-electron chi connectivity index (χ3n) is 3.54. The van der Waals surface area contributed by atoms with Crippen LogP contribution < -0.4 is 0 Å². The van der Waals surface area contributed by atoms with E-state index in [1.54, 1.807) is 11.8 Å². The molecule has 2 aromatic heterocycles. The van der Waals surface area contributed by atoms with Crippen molar-refractivity contribution >= 4 is 23.3 Å². The molecular formula is C13H15N5S2. The Hall–Kier alpha value is -1.21. The van der Waals surface area contributed by atoms with Gasteiger partial charge in [-0.15, -0.1) is 16.8 Å². The van der Waals surface area contributed by atoms with E-state index in [2.05, 4.69) is 30.7 Å². The lowest BCUT2D eigenvalue weighted by Crippen LogP contribution is -2.02.